The molecule has 0 unspecified atom stereocenters. The van der Waals surface area contributed by atoms with Crippen LogP contribution in [0.1, 0.15) is 45.9 Å². The van der Waals surface area contributed by atoms with Crippen LogP contribution in [-0.4, -0.2) is 71.6 Å². The predicted octanol–water partition coefficient (Wildman–Crippen LogP) is 3.17. The van der Waals surface area contributed by atoms with Crippen molar-refractivity contribution in [3.05, 3.63) is 30.1 Å². The van der Waals surface area contributed by atoms with E-state index in [0.29, 0.717) is 60.8 Å². The summed E-state index contributed by atoms with van der Waals surface area (Å²) in [6.07, 6.45) is 0.812. The van der Waals surface area contributed by atoms with Gasteiger partial charge in [0.05, 0.1) is 19.8 Å². The summed E-state index contributed by atoms with van der Waals surface area (Å²) < 4.78 is 22.1. The first-order valence-electron chi connectivity index (χ1n) is 12.2. The largest absolute Gasteiger partial charge is 0.469 e. The summed E-state index contributed by atoms with van der Waals surface area (Å²) in [5.41, 5.74) is 1.10. The molecule has 1 fully saturated rings. The zero-order chi connectivity index (χ0) is 25.9. The van der Waals surface area contributed by atoms with E-state index in [0.717, 1.165) is 5.39 Å². The second-order valence-electron chi connectivity index (χ2n) is 9.87. The number of aliphatic hydroxyl groups excluding tert-OH is 1. The molecule has 3 aromatic rings. The van der Waals surface area contributed by atoms with Crippen LogP contribution in [0.4, 0.5) is 5.82 Å². The molecule has 1 aromatic carbocycles. The molecule has 1 aliphatic rings. The number of esters is 2. The van der Waals surface area contributed by atoms with E-state index in [1.54, 1.807) is 4.90 Å². The van der Waals surface area contributed by atoms with Gasteiger partial charge in [0, 0.05) is 37.8 Å². The van der Waals surface area contributed by atoms with Gasteiger partial charge in [-0.15, -0.1) is 0 Å². The fourth-order valence-electron chi connectivity index (χ4n) is 4.26. The van der Waals surface area contributed by atoms with Gasteiger partial charge in [-0.05, 0) is 39.3 Å². The van der Waals surface area contributed by atoms with E-state index < -0.39 is 23.7 Å². The van der Waals surface area contributed by atoms with Crippen molar-refractivity contribution in [1.29, 1.82) is 0 Å². The van der Waals surface area contributed by atoms with Crippen LogP contribution in [0.2, 0.25) is 0 Å². The molecule has 1 aliphatic heterocycles. The Balaban J connectivity index is 1.62. The molecular weight excluding hydrogens is 466 g/mol. The quantitative estimate of drug-likeness (QED) is 0.347. The fraction of sp³-hybridized carbons (Fsp3) is 0.538. The highest BCUT2D eigenvalue weighted by atomic mass is 16.6. The Kier molecular flexibility index (Phi) is 7.75. The molecule has 3 heterocycles. The van der Waals surface area contributed by atoms with Gasteiger partial charge in [-0.1, -0.05) is 12.1 Å². The number of aromatic nitrogens is 2. The van der Waals surface area contributed by atoms with E-state index in [4.69, 9.17) is 23.9 Å². The Morgan fingerprint density at radius 2 is 1.97 bits per heavy atom. The third kappa shape index (κ3) is 5.93. The van der Waals surface area contributed by atoms with Crippen molar-refractivity contribution < 1.29 is 33.3 Å². The number of nitrogens with zero attached hydrogens (tertiary/aromatic N) is 3. The number of methoxy groups -OCH3 is 1. The summed E-state index contributed by atoms with van der Waals surface area (Å²) >= 11 is 0. The fourth-order valence-corrected chi connectivity index (χ4v) is 4.26. The number of hydrogen-bond acceptors (Lipinski definition) is 10. The Bertz CT molecular complexity index is 1230. The zero-order valence-corrected chi connectivity index (χ0v) is 21.2. The van der Waals surface area contributed by atoms with Gasteiger partial charge < -0.3 is 28.6 Å². The first-order chi connectivity index (χ1) is 17.2. The van der Waals surface area contributed by atoms with Crippen LogP contribution in [-0.2, 0) is 30.2 Å². The lowest BCUT2D eigenvalue weighted by Gasteiger charge is -2.28. The monoisotopic (exact) mass is 499 g/mol. The number of anilines is 1. The molecule has 0 bridgehead atoms. The maximum atomic E-state index is 13.0. The maximum Gasteiger partial charge on any atom is 0.329 e. The third-order valence-corrected chi connectivity index (χ3v) is 5.85. The number of ether oxygens (including phenoxy) is 3. The van der Waals surface area contributed by atoms with Crippen LogP contribution in [0.3, 0.4) is 0 Å². The van der Waals surface area contributed by atoms with E-state index in [-0.39, 0.29) is 18.9 Å². The average Bonchev–Trinajstić information content (AvgIpc) is 3.40. The van der Waals surface area contributed by atoms with Gasteiger partial charge in [0.25, 0.3) is 0 Å². The van der Waals surface area contributed by atoms with Gasteiger partial charge in [0.1, 0.15) is 28.6 Å². The summed E-state index contributed by atoms with van der Waals surface area (Å²) in [5.74, 6) is 0.291. The number of carbonyl (C=O) groups is 2. The number of benzene rings is 1. The molecule has 0 spiro atoms. The minimum Gasteiger partial charge on any atom is -0.469 e. The van der Waals surface area contributed by atoms with Crippen molar-refractivity contribution in [1.82, 2.24) is 9.97 Å². The topological polar surface area (TPSA) is 124 Å². The van der Waals surface area contributed by atoms with Gasteiger partial charge in [-0.3, -0.25) is 4.79 Å². The molecule has 0 aliphatic carbocycles. The number of para-hydroxylation sites is 1. The van der Waals surface area contributed by atoms with Gasteiger partial charge in [-0.25, -0.2) is 14.8 Å². The van der Waals surface area contributed by atoms with Crippen molar-refractivity contribution in [3.63, 3.8) is 0 Å². The van der Waals surface area contributed by atoms with Gasteiger partial charge in [0.15, 0.2) is 11.4 Å². The number of aliphatic hydroxyl groups is 1. The normalized spacial score (nSPS) is 18.2. The molecule has 0 saturated carbocycles. The van der Waals surface area contributed by atoms with Gasteiger partial charge in [0.2, 0.25) is 0 Å². The molecule has 4 rings (SSSR count). The number of carbonyl (C=O) groups excluding carboxylic acids is 2. The third-order valence-electron chi connectivity index (χ3n) is 5.85. The first kappa shape index (κ1) is 25.8. The van der Waals surface area contributed by atoms with Crippen LogP contribution >= 0.6 is 0 Å². The maximum absolute atomic E-state index is 13.0. The lowest BCUT2D eigenvalue weighted by Crippen LogP contribution is -2.41. The van der Waals surface area contributed by atoms with Gasteiger partial charge >= 0.3 is 11.9 Å². The highest BCUT2D eigenvalue weighted by molar-refractivity contribution is 6.06. The molecule has 1 saturated heterocycles. The lowest BCUT2D eigenvalue weighted by atomic mass is 10.1. The Morgan fingerprint density at radius 1 is 1.19 bits per heavy atom. The van der Waals surface area contributed by atoms with E-state index in [1.807, 2.05) is 45.0 Å². The first-order valence-corrected chi connectivity index (χ1v) is 12.2. The van der Waals surface area contributed by atoms with Crippen molar-refractivity contribution >= 4 is 39.8 Å². The predicted molar refractivity (Wildman–Crippen MR) is 133 cm³/mol. The molecule has 1 N–H and O–H groups in total. The minimum absolute atomic E-state index is 0.219. The molecule has 36 heavy (non-hydrogen) atoms. The number of β-amino-alcohol motifs (C(OH)–C–C–N with tert-alkyl or cyclic N) is 1. The molecule has 194 valence electrons. The molecule has 10 nitrogen and oxygen atoms in total. The molecule has 0 amide bonds. The van der Waals surface area contributed by atoms with Crippen molar-refractivity contribution in [2.45, 2.75) is 64.2 Å². The van der Waals surface area contributed by atoms with E-state index in [9.17, 15) is 14.7 Å². The Morgan fingerprint density at radius 3 is 2.72 bits per heavy atom. The van der Waals surface area contributed by atoms with Crippen LogP contribution in [0.5, 0.6) is 0 Å². The number of rotatable bonds is 9. The second kappa shape index (κ2) is 10.8. The standard InChI is InChI=1S/C26H33N3O7/c1-26(2,3)36-25(32)18-14-16(30)15-29(18)24-23-22(17-8-5-6-9-19(17)35-23)27-20(28-24)11-13-34-12-7-10-21(31)33-4/h5-6,8-9,16,18,30H,7,10-15H2,1-4H3/t16-,18-/m0/s1. The molecular formula is C26H33N3O7. The van der Waals surface area contributed by atoms with E-state index in [1.165, 1.54) is 7.11 Å². The molecule has 2 aromatic heterocycles. The van der Waals surface area contributed by atoms with E-state index >= 15 is 0 Å². The lowest BCUT2D eigenvalue weighted by molar-refractivity contribution is -0.156. The average molecular weight is 500 g/mol. The summed E-state index contributed by atoms with van der Waals surface area (Å²) in [5, 5.41) is 11.3. The summed E-state index contributed by atoms with van der Waals surface area (Å²) in [6, 6.07) is 6.87. The molecule has 10 heteroatoms. The summed E-state index contributed by atoms with van der Waals surface area (Å²) in [4.78, 5) is 35.5. The van der Waals surface area contributed by atoms with Crippen molar-refractivity contribution in [2.75, 3.05) is 31.8 Å². The summed E-state index contributed by atoms with van der Waals surface area (Å²) in [6.45, 7) is 6.43. The molecule has 0 radical (unpaired) electrons. The minimum atomic E-state index is -0.710. The Hall–Kier alpha value is -3.24. The van der Waals surface area contributed by atoms with Crippen molar-refractivity contribution in [2.24, 2.45) is 0 Å². The molecule has 2 atom stereocenters. The van der Waals surface area contributed by atoms with Crippen LogP contribution in [0.25, 0.3) is 22.1 Å². The smallest absolute Gasteiger partial charge is 0.329 e. The number of fused-ring (bicyclic) bond motifs is 3. The van der Waals surface area contributed by atoms with Crippen molar-refractivity contribution in [3.8, 4) is 0 Å². The van der Waals surface area contributed by atoms with Crippen LogP contribution in [0.15, 0.2) is 28.7 Å². The SMILES string of the molecule is COC(=O)CCCOCCc1nc(N2C[C@@H](O)C[C@H]2C(=O)OC(C)(C)C)c2oc3ccccc3c2n1. The Labute approximate surface area is 209 Å². The van der Waals surface area contributed by atoms with E-state index in [2.05, 4.69) is 4.74 Å². The number of furan rings is 1. The summed E-state index contributed by atoms with van der Waals surface area (Å²) in [7, 11) is 1.36. The second-order valence-corrected chi connectivity index (χ2v) is 9.87. The highest BCUT2D eigenvalue weighted by Crippen LogP contribution is 2.36. The number of hydrogen-bond donors (Lipinski definition) is 1. The van der Waals surface area contributed by atoms with Crippen LogP contribution < -0.4 is 4.90 Å². The zero-order valence-electron chi connectivity index (χ0n) is 21.2. The van der Waals surface area contributed by atoms with Gasteiger partial charge in [-0.2, -0.15) is 0 Å². The van der Waals surface area contributed by atoms with Crippen LogP contribution in [0, 0.1) is 0 Å². The highest BCUT2D eigenvalue weighted by Gasteiger charge is 2.41.